The van der Waals surface area contributed by atoms with Crippen LogP contribution in [-0.2, 0) is 4.74 Å². The van der Waals surface area contributed by atoms with Crippen LogP contribution in [0.5, 0.6) is 0 Å². The summed E-state index contributed by atoms with van der Waals surface area (Å²) < 4.78 is 18.4. The summed E-state index contributed by atoms with van der Waals surface area (Å²) in [5.74, 6) is -0.767. The Morgan fingerprint density at radius 3 is 2.71 bits per heavy atom. The van der Waals surface area contributed by atoms with Crippen LogP contribution >= 0.6 is 0 Å². The molecule has 2 heterocycles. The number of rotatable bonds is 6. The average Bonchev–Trinajstić information content (AvgIpc) is 3.21. The van der Waals surface area contributed by atoms with Crippen molar-refractivity contribution in [1.29, 1.82) is 0 Å². The van der Waals surface area contributed by atoms with E-state index in [1.165, 1.54) is 24.3 Å². The van der Waals surface area contributed by atoms with Gasteiger partial charge in [-0.25, -0.2) is 4.39 Å². The van der Waals surface area contributed by atoms with Crippen LogP contribution in [-0.4, -0.2) is 54.0 Å². The predicted octanol–water partition coefficient (Wildman–Crippen LogP) is 3.43. The number of hydrogen-bond donors (Lipinski definition) is 1. The number of halogens is 1. The van der Waals surface area contributed by atoms with E-state index in [4.69, 9.17) is 4.74 Å². The van der Waals surface area contributed by atoms with Crippen LogP contribution < -0.4 is 5.32 Å². The third-order valence-corrected chi connectivity index (χ3v) is 5.76. The molecule has 6 nitrogen and oxygen atoms in total. The van der Waals surface area contributed by atoms with E-state index in [-0.39, 0.29) is 11.8 Å². The Labute approximate surface area is 180 Å². The fraction of sp³-hybridized carbons (Fsp3) is 0.292. The molecule has 31 heavy (non-hydrogen) atoms. The number of likely N-dealkylation sites (tertiary alicyclic amines) is 1. The molecule has 1 atom stereocenters. The summed E-state index contributed by atoms with van der Waals surface area (Å²) >= 11 is 0. The maximum Gasteiger partial charge on any atom is 0.253 e. The van der Waals surface area contributed by atoms with Gasteiger partial charge < -0.3 is 15.0 Å². The topological polar surface area (TPSA) is 71.5 Å². The molecule has 0 radical (unpaired) electrons. The van der Waals surface area contributed by atoms with Crippen molar-refractivity contribution in [2.75, 3.05) is 26.8 Å². The molecule has 1 aromatic heterocycles. The summed E-state index contributed by atoms with van der Waals surface area (Å²) in [6.07, 6.45) is 2.91. The van der Waals surface area contributed by atoms with E-state index in [1.54, 1.807) is 24.3 Å². The summed E-state index contributed by atoms with van der Waals surface area (Å²) in [4.78, 5) is 32.0. The van der Waals surface area contributed by atoms with Gasteiger partial charge in [0.1, 0.15) is 5.82 Å². The van der Waals surface area contributed by atoms with Crippen LogP contribution in [0, 0.1) is 5.82 Å². The Kier molecular flexibility index (Phi) is 5.95. The van der Waals surface area contributed by atoms with E-state index < -0.39 is 11.4 Å². The molecule has 0 saturated carbocycles. The maximum absolute atomic E-state index is 13.2. The van der Waals surface area contributed by atoms with Gasteiger partial charge in [0.05, 0.1) is 11.1 Å². The molecule has 1 N–H and O–H groups in total. The van der Waals surface area contributed by atoms with Gasteiger partial charge >= 0.3 is 0 Å². The van der Waals surface area contributed by atoms with Gasteiger partial charge in [-0.15, -0.1) is 0 Å². The molecule has 7 heteroatoms. The molecule has 1 saturated heterocycles. The first-order valence-electron chi connectivity index (χ1n) is 10.2. The Bertz CT molecular complexity index is 1100. The van der Waals surface area contributed by atoms with E-state index in [0.717, 1.165) is 10.9 Å². The summed E-state index contributed by atoms with van der Waals surface area (Å²) in [6, 6.07) is 14.7. The number of benzene rings is 2. The predicted molar refractivity (Wildman–Crippen MR) is 115 cm³/mol. The van der Waals surface area contributed by atoms with Crippen LogP contribution in [0.4, 0.5) is 4.39 Å². The molecule has 2 amide bonds. The highest BCUT2D eigenvalue weighted by Crippen LogP contribution is 2.28. The number of ether oxygens (including phenoxy) is 1. The van der Waals surface area contributed by atoms with Crippen molar-refractivity contribution in [1.82, 2.24) is 15.2 Å². The van der Waals surface area contributed by atoms with Gasteiger partial charge in [-0.2, -0.15) is 0 Å². The van der Waals surface area contributed by atoms with E-state index in [2.05, 4.69) is 10.3 Å². The standard InChI is InChI=1S/C24H24FN3O3/c1-31-14-11-24(27-22(29)17-4-7-20(25)8-5-17)10-13-28(16-24)23(30)19-6-9-21-18(15-19)3-2-12-26-21/h2-9,12,15H,10-11,13-14,16H2,1H3,(H,27,29). The minimum Gasteiger partial charge on any atom is -0.385 e. The van der Waals surface area contributed by atoms with Gasteiger partial charge in [0, 0.05) is 49.5 Å². The lowest BCUT2D eigenvalue weighted by molar-refractivity contribution is 0.0747. The quantitative estimate of drug-likeness (QED) is 0.662. The number of methoxy groups -OCH3 is 1. The van der Waals surface area contributed by atoms with Crippen LogP contribution in [0.1, 0.15) is 33.6 Å². The third-order valence-electron chi connectivity index (χ3n) is 5.76. The zero-order valence-corrected chi connectivity index (χ0v) is 17.3. The summed E-state index contributed by atoms with van der Waals surface area (Å²) in [6.45, 7) is 1.36. The third kappa shape index (κ3) is 4.56. The lowest BCUT2D eigenvalue weighted by Crippen LogP contribution is -2.51. The second-order valence-electron chi connectivity index (χ2n) is 7.87. The second kappa shape index (κ2) is 8.81. The highest BCUT2D eigenvalue weighted by atomic mass is 19.1. The summed E-state index contributed by atoms with van der Waals surface area (Å²) in [7, 11) is 1.61. The Morgan fingerprint density at radius 1 is 1.16 bits per heavy atom. The second-order valence-corrected chi connectivity index (χ2v) is 7.87. The van der Waals surface area contributed by atoms with Crippen molar-refractivity contribution in [2.45, 2.75) is 18.4 Å². The summed E-state index contributed by atoms with van der Waals surface area (Å²) in [5, 5.41) is 3.99. The molecule has 0 spiro atoms. The van der Waals surface area contributed by atoms with Gasteiger partial charge in [0.2, 0.25) is 0 Å². The molecule has 0 aliphatic carbocycles. The van der Waals surface area contributed by atoms with Crippen molar-refractivity contribution in [2.24, 2.45) is 0 Å². The SMILES string of the molecule is COCCC1(NC(=O)c2ccc(F)cc2)CCN(C(=O)c2ccc3ncccc3c2)C1. The van der Waals surface area contributed by atoms with Gasteiger partial charge in [0.15, 0.2) is 0 Å². The molecule has 2 aromatic carbocycles. The number of amides is 2. The van der Waals surface area contributed by atoms with Crippen molar-refractivity contribution in [3.63, 3.8) is 0 Å². The van der Waals surface area contributed by atoms with Crippen molar-refractivity contribution in [3.05, 3.63) is 77.7 Å². The number of carbonyl (C=O) groups is 2. The molecule has 3 aromatic rings. The fourth-order valence-electron chi connectivity index (χ4n) is 4.02. The lowest BCUT2D eigenvalue weighted by atomic mass is 9.93. The molecule has 1 unspecified atom stereocenters. The number of hydrogen-bond acceptors (Lipinski definition) is 4. The molecule has 160 valence electrons. The van der Waals surface area contributed by atoms with Gasteiger partial charge in [-0.3, -0.25) is 14.6 Å². The molecule has 1 aliphatic heterocycles. The van der Waals surface area contributed by atoms with Gasteiger partial charge in [0.25, 0.3) is 11.8 Å². The lowest BCUT2D eigenvalue weighted by Gasteiger charge is -2.30. The van der Waals surface area contributed by atoms with Crippen molar-refractivity contribution < 1.29 is 18.7 Å². The van der Waals surface area contributed by atoms with Gasteiger partial charge in [-0.05, 0) is 61.4 Å². The number of pyridine rings is 1. The van der Waals surface area contributed by atoms with Gasteiger partial charge in [-0.1, -0.05) is 6.07 Å². The number of fused-ring (bicyclic) bond motifs is 1. The first-order valence-corrected chi connectivity index (χ1v) is 10.2. The normalized spacial score (nSPS) is 18.3. The molecule has 4 rings (SSSR count). The minimum absolute atomic E-state index is 0.0823. The highest BCUT2D eigenvalue weighted by Gasteiger charge is 2.41. The Balaban J connectivity index is 1.52. The summed E-state index contributed by atoms with van der Waals surface area (Å²) in [5.41, 5.74) is 1.20. The number of nitrogens with zero attached hydrogens (tertiary/aromatic N) is 2. The van der Waals surface area contributed by atoms with Crippen LogP contribution in [0.15, 0.2) is 60.8 Å². The number of carbonyl (C=O) groups excluding carboxylic acids is 2. The molecular weight excluding hydrogens is 397 g/mol. The van der Waals surface area contributed by atoms with E-state index in [1.807, 2.05) is 24.3 Å². The highest BCUT2D eigenvalue weighted by molar-refractivity contribution is 5.98. The zero-order chi connectivity index (χ0) is 21.8. The Hall–Kier alpha value is -3.32. The molecule has 1 aliphatic rings. The Morgan fingerprint density at radius 2 is 1.94 bits per heavy atom. The van der Waals surface area contributed by atoms with Crippen molar-refractivity contribution >= 4 is 22.7 Å². The van der Waals surface area contributed by atoms with E-state index in [0.29, 0.717) is 43.7 Å². The largest absolute Gasteiger partial charge is 0.385 e. The van der Waals surface area contributed by atoms with Crippen LogP contribution in [0.25, 0.3) is 10.9 Å². The van der Waals surface area contributed by atoms with Crippen LogP contribution in [0.3, 0.4) is 0 Å². The molecular formula is C24H24FN3O3. The van der Waals surface area contributed by atoms with Crippen LogP contribution in [0.2, 0.25) is 0 Å². The van der Waals surface area contributed by atoms with E-state index >= 15 is 0 Å². The minimum atomic E-state index is -0.602. The monoisotopic (exact) mass is 421 g/mol. The zero-order valence-electron chi connectivity index (χ0n) is 17.3. The number of aromatic nitrogens is 1. The van der Waals surface area contributed by atoms with Crippen molar-refractivity contribution in [3.8, 4) is 0 Å². The first kappa shape index (κ1) is 20.9. The fourth-order valence-corrected chi connectivity index (χ4v) is 4.02. The first-order chi connectivity index (χ1) is 15.0. The number of nitrogens with one attached hydrogen (secondary N) is 1. The maximum atomic E-state index is 13.2. The van der Waals surface area contributed by atoms with E-state index in [9.17, 15) is 14.0 Å². The molecule has 0 bridgehead atoms. The average molecular weight is 421 g/mol. The molecule has 1 fully saturated rings. The smallest absolute Gasteiger partial charge is 0.253 e.